The summed E-state index contributed by atoms with van der Waals surface area (Å²) in [6, 6.07) is 8.23. The molecule has 2 heterocycles. The molecule has 1 aromatic carbocycles. The molecule has 0 N–H and O–H groups in total. The number of rotatable bonds is 7. The van der Waals surface area contributed by atoms with Crippen LogP contribution in [0.1, 0.15) is 38.2 Å². The fourth-order valence-electron chi connectivity index (χ4n) is 4.16. The van der Waals surface area contributed by atoms with Crippen molar-refractivity contribution >= 4 is 23.6 Å². The van der Waals surface area contributed by atoms with Crippen molar-refractivity contribution < 1.29 is 9.53 Å². The number of thioether (sulfide) groups is 1. The zero-order valence-electron chi connectivity index (χ0n) is 18.4. The summed E-state index contributed by atoms with van der Waals surface area (Å²) in [6.07, 6.45) is 6.66. The van der Waals surface area contributed by atoms with E-state index in [9.17, 15) is 4.79 Å². The van der Waals surface area contributed by atoms with E-state index in [2.05, 4.69) is 44.8 Å². The van der Waals surface area contributed by atoms with Crippen LogP contribution in [-0.4, -0.2) is 64.2 Å². The molecule has 0 atom stereocenters. The monoisotopic (exact) mass is 441 g/mol. The Balaban J connectivity index is 1.58. The Kier molecular flexibility index (Phi) is 7.29. The summed E-state index contributed by atoms with van der Waals surface area (Å²) in [5.41, 5.74) is 3.37. The summed E-state index contributed by atoms with van der Waals surface area (Å²) in [5.74, 6) is 1.29. The van der Waals surface area contributed by atoms with Gasteiger partial charge in [-0.2, -0.15) is 0 Å². The highest BCUT2D eigenvalue weighted by Crippen LogP contribution is 2.29. The van der Waals surface area contributed by atoms with E-state index >= 15 is 0 Å². The minimum atomic E-state index is 0.132. The maximum absolute atomic E-state index is 13.0. The van der Waals surface area contributed by atoms with Crippen LogP contribution in [0.2, 0.25) is 0 Å². The average molecular weight is 442 g/mol. The second-order valence-corrected chi connectivity index (χ2v) is 8.81. The van der Waals surface area contributed by atoms with Gasteiger partial charge in [0.2, 0.25) is 11.9 Å². The molecule has 1 aliphatic heterocycles. The molecule has 0 unspecified atom stereocenters. The number of aromatic nitrogens is 3. The number of carbonyl (C=O) groups excluding carboxylic acids is 1. The molecule has 1 aliphatic carbocycles. The molecule has 0 radical (unpaired) electrons. The topological polar surface area (TPSA) is 63.5 Å². The first-order valence-corrected chi connectivity index (χ1v) is 12.1. The number of ether oxygens (including phenoxy) is 1. The Hall–Kier alpha value is -2.32. The third-order valence-electron chi connectivity index (χ3n) is 5.82. The lowest BCUT2D eigenvalue weighted by molar-refractivity contribution is -0.126. The molecule has 1 fully saturated rings. The van der Waals surface area contributed by atoms with Gasteiger partial charge in [-0.05, 0) is 51.2 Å². The number of allylic oxidation sites excluding steroid dienone is 2. The van der Waals surface area contributed by atoms with Gasteiger partial charge >= 0.3 is 0 Å². The summed E-state index contributed by atoms with van der Waals surface area (Å²) in [5, 5.41) is 9.75. The van der Waals surface area contributed by atoms with Crippen LogP contribution in [0.3, 0.4) is 0 Å². The largest absolute Gasteiger partial charge is 0.378 e. The molecule has 8 heteroatoms. The van der Waals surface area contributed by atoms with Gasteiger partial charge in [0.05, 0.1) is 24.7 Å². The van der Waals surface area contributed by atoms with E-state index in [1.807, 2.05) is 24.0 Å². The van der Waals surface area contributed by atoms with Crippen LogP contribution in [0, 0.1) is 6.92 Å². The Morgan fingerprint density at radius 1 is 1.19 bits per heavy atom. The van der Waals surface area contributed by atoms with Gasteiger partial charge in [0, 0.05) is 25.3 Å². The summed E-state index contributed by atoms with van der Waals surface area (Å²) in [4.78, 5) is 17.2. The molecule has 166 valence electrons. The Labute approximate surface area is 188 Å². The summed E-state index contributed by atoms with van der Waals surface area (Å²) in [7, 11) is 0. The van der Waals surface area contributed by atoms with Crippen LogP contribution in [0.25, 0.3) is 5.69 Å². The van der Waals surface area contributed by atoms with Crippen LogP contribution in [0.4, 0.5) is 5.95 Å². The number of para-hydroxylation sites is 1. The predicted molar refractivity (Wildman–Crippen MR) is 124 cm³/mol. The molecule has 0 bridgehead atoms. The van der Waals surface area contributed by atoms with Crippen molar-refractivity contribution in [2.75, 3.05) is 43.5 Å². The third kappa shape index (κ3) is 4.96. The zero-order chi connectivity index (χ0) is 21.6. The van der Waals surface area contributed by atoms with Crippen LogP contribution in [0.5, 0.6) is 0 Å². The molecular formula is C23H31N5O2S. The highest BCUT2D eigenvalue weighted by atomic mass is 32.2. The van der Waals surface area contributed by atoms with E-state index in [-0.39, 0.29) is 5.91 Å². The summed E-state index contributed by atoms with van der Waals surface area (Å²) < 4.78 is 7.60. The molecule has 0 saturated carbocycles. The molecule has 2 aromatic rings. The first-order chi connectivity index (χ1) is 15.2. The maximum atomic E-state index is 13.0. The van der Waals surface area contributed by atoms with Gasteiger partial charge in [-0.1, -0.05) is 36.0 Å². The lowest BCUT2D eigenvalue weighted by Gasteiger charge is -2.28. The number of aryl methyl sites for hydroxylation is 1. The zero-order valence-corrected chi connectivity index (χ0v) is 19.2. The van der Waals surface area contributed by atoms with Crippen molar-refractivity contribution in [3.8, 4) is 5.69 Å². The molecular weight excluding hydrogens is 410 g/mol. The molecule has 1 amide bonds. The smallest absolute Gasteiger partial charge is 0.237 e. The molecule has 1 saturated heterocycles. The SMILES string of the molecule is CCN(C(=O)CSc1nnc(N2CCOCC2)n1-c1ccccc1C)C1=CCCCC1. The summed E-state index contributed by atoms with van der Waals surface area (Å²) >= 11 is 1.46. The fraction of sp³-hybridized carbons (Fsp3) is 0.522. The normalized spacial score (nSPS) is 16.8. The minimum absolute atomic E-state index is 0.132. The number of anilines is 1. The third-order valence-corrected chi connectivity index (χ3v) is 6.74. The van der Waals surface area contributed by atoms with E-state index < -0.39 is 0 Å². The lowest BCUT2D eigenvalue weighted by Crippen LogP contribution is -2.38. The van der Waals surface area contributed by atoms with Gasteiger partial charge in [0.1, 0.15) is 0 Å². The summed E-state index contributed by atoms with van der Waals surface area (Å²) in [6.45, 7) is 7.77. The first-order valence-electron chi connectivity index (χ1n) is 11.2. The Bertz CT molecular complexity index is 936. The van der Waals surface area contributed by atoms with Gasteiger partial charge in [-0.3, -0.25) is 9.36 Å². The minimum Gasteiger partial charge on any atom is -0.378 e. The van der Waals surface area contributed by atoms with Gasteiger partial charge in [-0.25, -0.2) is 0 Å². The van der Waals surface area contributed by atoms with E-state index in [1.54, 1.807) is 0 Å². The van der Waals surface area contributed by atoms with Gasteiger partial charge in [0.25, 0.3) is 0 Å². The van der Waals surface area contributed by atoms with Crippen molar-refractivity contribution in [3.05, 3.63) is 41.6 Å². The van der Waals surface area contributed by atoms with E-state index in [4.69, 9.17) is 4.74 Å². The second-order valence-electron chi connectivity index (χ2n) is 7.87. The van der Waals surface area contributed by atoms with E-state index in [0.717, 1.165) is 54.7 Å². The highest BCUT2D eigenvalue weighted by Gasteiger charge is 2.24. The molecule has 1 aromatic heterocycles. The number of hydrogen-bond donors (Lipinski definition) is 0. The Morgan fingerprint density at radius 2 is 2.00 bits per heavy atom. The maximum Gasteiger partial charge on any atom is 0.237 e. The predicted octanol–water partition coefficient (Wildman–Crippen LogP) is 3.81. The number of morpholine rings is 1. The van der Waals surface area contributed by atoms with Gasteiger partial charge in [-0.15, -0.1) is 10.2 Å². The van der Waals surface area contributed by atoms with Crippen molar-refractivity contribution in [1.82, 2.24) is 19.7 Å². The number of benzene rings is 1. The number of carbonyl (C=O) groups is 1. The van der Waals surface area contributed by atoms with Gasteiger partial charge in [0.15, 0.2) is 5.16 Å². The van der Waals surface area contributed by atoms with Crippen molar-refractivity contribution in [2.45, 2.75) is 44.7 Å². The molecule has 31 heavy (non-hydrogen) atoms. The molecule has 4 rings (SSSR count). The van der Waals surface area contributed by atoms with Crippen LogP contribution in [0.15, 0.2) is 41.2 Å². The molecule has 2 aliphatic rings. The van der Waals surface area contributed by atoms with E-state index in [0.29, 0.717) is 25.5 Å². The lowest BCUT2D eigenvalue weighted by atomic mass is 10.0. The molecule has 0 spiro atoms. The van der Waals surface area contributed by atoms with E-state index in [1.165, 1.54) is 23.9 Å². The number of hydrogen-bond acceptors (Lipinski definition) is 6. The number of amides is 1. The van der Waals surface area contributed by atoms with Gasteiger partial charge < -0.3 is 14.5 Å². The first kappa shape index (κ1) is 21.9. The van der Waals surface area contributed by atoms with Crippen molar-refractivity contribution in [2.24, 2.45) is 0 Å². The highest BCUT2D eigenvalue weighted by molar-refractivity contribution is 7.99. The van der Waals surface area contributed by atoms with Crippen LogP contribution >= 0.6 is 11.8 Å². The number of nitrogens with zero attached hydrogens (tertiary/aromatic N) is 5. The Morgan fingerprint density at radius 3 is 2.71 bits per heavy atom. The van der Waals surface area contributed by atoms with Crippen LogP contribution < -0.4 is 4.90 Å². The molecule has 7 nitrogen and oxygen atoms in total. The second kappa shape index (κ2) is 10.3. The van der Waals surface area contributed by atoms with Crippen LogP contribution in [-0.2, 0) is 9.53 Å². The van der Waals surface area contributed by atoms with Crippen molar-refractivity contribution in [1.29, 1.82) is 0 Å². The average Bonchev–Trinajstić information content (AvgIpc) is 3.23. The quantitative estimate of drug-likeness (QED) is 0.609. The standard InChI is InChI=1S/C23H31N5O2S/c1-3-27(19-10-5-4-6-11-19)21(29)17-31-23-25-24-22(26-13-15-30-16-14-26)28(23)20-12-8-7-9-18(20)2/h7-10,12H,3-6,11,13-17H2,1-2H3. The van der Waals surface area contributed by atoms with Crippen molar-refractivity contribution in [3.63, 3.8) is 0 Å². The fourth-order valence-corrected chi connectivity index (χ4v) is 4.98.